The Morgan fingerprint density at radius 1 is 1.13 bits per heavy atom. The van der Waals surface area contributed by atoms with Crippen LogP contribution in [0.5, 0.6) is 0 Å². The van der Waals surface area contributed by atoms with E-state index in [2.05, 4.69) is 38.6 Å². The zero-order chi connectivity index (χ0) is 16.0. The summed E-state index contributed by atoms with van der Waals surface area (Å²) in [6.07, 6.45) is 1.57. The summed E-state index contributed by atoms with van der Waals surface area (Å²) in [5.41, 5.74) is 2.33. The number of rotatable bonds is 3. The summed E-state index contributed by atoms with van der Waals surface area (Å²) in [5.74, 6) is 0.886. The second-order valence-electron chi connectivity index (χ2n) is 5.55. The summed E-state index contributed by atoms with van der Waals surface area (Å²) >= 11 is 1.45. The molecule has 4 rings (SSSR count). The third-order valence-corrected chi connectivity index (χ3v) is 4.61. The van der Waals surface area contributed by atoms with Gasteiger partial charge in [-0.05, 0) is 44.7 Å². The van der Waals surface area contributed by atoms with Gasteiger partial charge in [-0.3, -0.25) is 0 Å². The Morgan fingerprint density at radius 3 is 2.78 bits per heavy atom. The van der Waals surface area contributed by atoms with E-state index in [-0.39, 0.29) is 6.04 Å². The topological polar surface area (TPSA) is 69.6 Å². The molecule has 0 unspecified atom stereocenters. The second kappa shape index (κ2) is 5.34. The first-order valence-electron chi connectivity index (χ1n) is 7.36. The predicted molar refractivity (Wildman–Crippen MR) is 88.6 cm³/mol. The molecule has 0 aliphatic heterocycles. The number of nitrogens with zero attached hydrogens (tertiary/aromatic N) is 5. The number of hydrogen-bond donors (Lipinski definition) is 0. The van der Waals surface area contributed by atoms with Gasteiger partial charge < -0.3 is 8.98 Å². The van der Waals surface area contributed by atoms with E-state index < -0.39 is 0 Å². The Hall–Kier alpha value is -2.41. The van der Waals surface area contributed by atoms with Crippen LogP contribution in [-0.2, 0) is 0 Å². The predicted octanol–water partition coefficient (Wildman–Crippen LogP) is 4.01. The molecule has 0 saturated heterocycles. The second-order valence-corrected chi connectivity index (χ2v) is 6.51. The van der Waals surface area contributed by atoms with Crippen molar-refractivity contribution in [2.45, 2.75) is 37.0 Å². The fraction of sp³-hybridized carbons (Fsp3) is 0.250. The van der Waals surface area contributed by atoms with Gasteiger partial charge in [-0.2, -0.15) is 0 Å². The van der Waals surface area contributed by atoms with Gasteiger partial charge in [-0.15, -0.1) is 10.2 Å². The van der Waals surface area contributed by atoms with Crippen molar-refractivity contribution in [2.75, 3.05) is 0 Å². The summed E-state index contributed by atoms with van der Waals surface area (Å²) in [7, 11) is 0. The quantitative estimate of drug-likeness (QED) is 0.530. The molecular formula is C16H15N5OS. The van der Waals surface area contributed by atoms with E-state index in [9.17, 15) is 0 Å². The van der Waals surface area contributed by atoms with Gasteiger partial charge in [0.2, 0.25) is 0 Å². The van der Waals surface area contributed by atoms with E-state index in [1.165, 1.54) is 11.8 Å². The standard InChI is InChI=1S/C16H15N5OS/c1-9(2)21-10(3)19-20-16(21)23-15-14-13(17-8-18-15)11-6-4-5-7-12(11)22-14/h4-9H,1-3H3. The number of para-hydroxylation sites is 1. The van der Waals surface area contributed by atoms with Gasteiger partial charge >= 0.3 is 0 Å². The molecule has 3 aromatic heterocycles. The molecule has 116 valence electrons. The molecule has 0 bridgehead atoms. The molecule has 3 heterocycles. The van der Waals surface area contributed by atoms with Gasteiger partial charge in [-0.1, -0.05) is 12.1 Å². The third-order valence-electron chi connectivity index (χ3n) is 3.66. The molecule has 0 radical (unpaired) electrons. The maximum Gasteiger partial charge on any atom is 0.197 e. The van der Waals surface area contributed by atoms with Crippen LogP contribution in [-0.4, -0.2) is 24.7 Å². The summed E-state index contributed by atoms with van der Waals surface area (Å²) in [5, 5.41) is 11.0. The van der Waals surface area contributed by atoms with Crippen LogP contribution in [0.2, 0.25) is 0 Å². The smallest absolute Gasteiger partial charge is 0.197 e. The molecule has 0 amide bonds. The minimum Gasteiger partial charge on any atom is -0.451 e. The highest BCUT2D eigenvalue weighted by Gasteiger charge is 2.18. The highest BCUT2D eigenvalue weighted by molar-refractivity contribution is 7.99. The molecule has 4 aromatic rings. The number of aryl methyl sites for hydroxylation is 1. The van der Waals surface area contributed by atoms with E-state index in [1.807, 2.05) is 31.2 Å². The molecule has 0 aliphatic carbocycles. The Morgan fingerprint density at radius 2 is 1.96 bits per heavy atom. The highest BCUT2D eigenvalue weighted by Crippen LogP contribution is 2.35. The number of furan rings is 1. The van der Waals surface area contributed by atoms with Crippen LogP contribution >= 0.6 is 11.8 Å². The lowest BCUT2D eigenvalue weighted by atomic mass is 10.2. The molecule has 0 fully saturated rings. The maximum absolute atomic E-state index is 5.96. The van der Waals surface area contributed by atoms with Crippen LogP contribution in [0.3, 0.4) is 0 Å². The van der Waals surface area contributed by atoms with Crippen molar-refractivity contribution in [1.82, 2.24) is 24.7 Å². The normalized spacial score (nSPS) is 11.8. The van der Waals surface area contributed by atoms with Gasteiger partial charge in [0.1, 0.15) is 23.3 Å². The lowest BCUT2D eigenvalue weighted by molar-refractivity contribution is 0.536. The van der Waals surface area contributed by atoms with Crippen molar-refractivity contribution in [1.29, 1.82) is 0 Å². The SMILES string of the molecule is Cc1nnc(Sc2ncnc3c2oc2ccccc23)n1C(C)C. The average molecular weight is 325 g/mol. The van der Waals surface area contributed by atoms with Crippen LogP contribution in [0.1, 0.15) is 25.7 Å². The van der Waals surface area contributed by atoms with Gasteiger partial charge in [0.05, 0.1) is 0 Å². The number of aromatic nitrogens is 5. The van der Waals surface area contributed by atoms with Crippen LogP contribution in [0.25, 0.3) is 22.1 Å². The van der Waals surface area contributed by atoms with Crippen molar-refractivity contribution in [3.05, 3.63) is 36.4 Å². The van der Waals surface area contributed by atoms with Gasteiger partial charge in [0.15, 0.2) is 15.8 Å². The maximum atomic E-state index is 5.96. The zero-order valence-corrected chi connectivity index (χ0v) is 13.8. The Kier molecular flexibility index (Phi) is 3.30. The Balaban J connectivity index is 1.87. The molecule has 0 spiro atoms. The average Bonchev–Trinajstić information content (AvgIpc) is 3.09. The van der Waals surface area contributed by atoms with Gasteiger partial charge in [-0.25, -0.2) is 9.97 Å². The van der Waals surface area contributed by atoms with E-state index in [4.69, 9.17) is 4.42 Å². The minimum absolute atomic E-state index is 0.278. The van der Waals surface area contributed by atoms with E-state index in [0.29, 0.717) is 5.58 Å². The summed E-state index contributed by atoms with van der Waals surface area (Å²) in [4.78, 5) is 8.76. The molecule has 0 atom stereocenters. The number of hydrogen-bond acceptors (Lipinski definition) is 6. The zero-order valence-electron chi connectivity index (χ0n) is 13.0. The molecule has 6 nitrogen and oxygen atoms in total. The molecule has 0 aliphatic rings. The number of fused-ring (bicyclic) bond motifs is 3. The lowest BCUT2D eigenvalue weighted by Crippen LogP contribution is -2.04. The Labute approximate surface area is 136 Å². The largest absolute Gasteiger partial charge is 0.451 e. The van der Waals surface area contributed by atoms with E-state index in [1.54, 1.807) is 6.33 Å². The first kappa shape index (κ1) is 14.2. The fourth-order valence-electron chi connectivity index (χ4n) is 2.68. The lowest BCUT2D eigenvalue weighted by Gasteiger charge is -2.11. The molecule has 0 N–H and O–H groups in total. The van der Waals surface area contributed by atoms with Crippen LogP contribution in [0.15, 0.2) is 45.2 Å². The summed E-state index contributed by atoms with van der Waals surface area (Å²) in [6, 6.07) is 8.14. The van der Waals surface area contributed by atoms with Crippen molar-refractivity contribution < 1.29 is 4.42 Å². The molecule has 23 heavy (non-hydrogen) atoms. The van der Waals surface area contributed by atoms with Crippen molar-refractivity contribution in [3.63, 3.8) is 0 Å². The number of benzene rings is 1. The summed E-state index contributed by atoms with van der Waals surface area (Å²) < 4.78 is 8.04. The van der Waals surface area contributed by atoms with Crippen molar-refractivity contribution in [3.8, 4) is 0 Å². The van der Waals surface area contributed by atoms with Gasteiger partial charge in [0.25, 0.3) is 0 Å². The highest BCUT2D eigenvalue weighted by atomic mass is 32.2. The first-order valence-corrected chi connectivity index (χ1v) is 8.18. The van der Waals surface area contributed by atoms with Crippen LogP contribution in [0.4, 0.5) is 0 Å². The fourth-order valence-corrected chi connectivity index (χ4v) is 3.70. The van der Waals surface area contributed by atoms with Crippen molar-refractivity contribution in [2.24, 2.45) is 0 Å². The summed E-state index contributed by atoms with van der Waals surface area (Å²) in [6.45, 7) is 6.17. The molecule has 7 heteroatoms. The van der Waals surface area contributed by atoms with E-state index >= 15 is 0 Å². The van der Waals surface area contributed by atoms with Crippen molar-refractivity contribution >= 4 is 33.8 Å². The van der Waals surface area contributed by atoms with Gasteiger partial charge in [0, 0.05) is 11.4 Å². The third kappa shape index (κ3) is 2.28. The molecule has 1 aromatic carbocycles. The first-order chi connectivity index (χ1) is 11.1. The Bertz CT molecular complexity index is 1000. The monoisotopic (exact) mass is 325 g/mol. The minimum atomic E-state index is 0.278. The van der Waals surface area contributed by atoms with Crippen LogP contribution < -0.4 is 0 Å². The molecular weight excluding hydrogens is 310 g/mol. The molecule has 0 saturated carbocycles. The van der Waals surface area contributed by atoms with E-state index in [0.717, 1.165) is 32.5 Å². The van der Waals surface area contributed by atoms with Crippen LogP contribution in [0, 0.1) is 6.92 Å².